The quantitative estimate of drug-likeness (QED) is 0.847. The summed E-state index contributed by atoms with van der Waals surface area (Å²) in [4.78, 5) is 16.1. The third kappa shape index (κ3) is 4.54. The van der Waals surface area contributed by atoms with Gasteiger partial charge in [0.15, 0.2) is 11.6 Å². The lowest BCUT2D eigenvalue weighted by Gasteiger charge is -2.15. The van der Waals surface area contributed by atoms with Crippen molar-refractivity contribution in [1.82, 2.24) is 10.3 Å². The van der Waals surface area contributed by atoms with E-state index in [2.05, 4.69) is 10.3 Å². The van der Waals surface area contributed by atoms with Crippen molar-refractivity contribution in [1.29, 1.82) is 0 Å². The minimum absolute atomic E-state index is 0.120. The van der Waals surface area contributed by atoms with Crippen LogP contribution in [0.15, 0.2) is 42.7 Å². The van der Waals surface area contributed by atoms with Crippen LogP contribution in [0.1, 0.15) is 36.9 Å². The standard InChI is InChI=1S/C19H21FN2O2/c1-13(22-19(23)9-15-3-2-8-21-11-15)16-6-7-18(17(20)10-16)24-12-14-4-5-14/h2-3,6-8,10-11,13-14H,4-5,9,12H2,1H3,(H,22,23)/t13-/m1/s1. The third-order valence-corrected chi connectivity index (χ3v) is 4.09. The van der Waals surface area contributed by atoms with Crippen molar-refractivity contribution in [2.75, 3.05) is 6.61 Å². The summed E-state index contributed by atoms with van der Waals surface area (Å²) < 4.78 is 19.6. The highest BCUT2D eigenvalue weighted by molar-refractivity contribution is 5.78. The predicted octanol–water partition coefficient (Wildman–Crippen LogP) is 3.43. The molecular formula is C19H21FN2O2. The number of amides is 1. The number of carbonyl (C=O) groups excluding carboxylic acids is 1. The topological polar surface area (TPSA) is 51.2 Å². The van der Waals surface area contributed by atoms with Crippen molar-refractivity contribution in [2.24, 2.45) is 5.92 Å². The summed E-state index contributed by atoms with van der Waals surface area (Å²) in [6.45, 7) is 2.41. The first-order valence-electron chi connectivity index (χ1n) is 8.22. The second kappa shape index (κ2) is 7.43. The molecule has 1 fully saturated rings. The van der Waals surface area contributed by atoms with E-state index in [9.17, 15) is 9.18 Å². The van der Waals surface area contributed by atoms with Crippen molar-refractivity contribution in [3.05, 3.63) is 59.7 Å². The Morgan fingerprint density at radius 1 is 1.42 bits per heavy atom. The van der Waals surface area contributed by atoms with Gasteiger partial charge in [0.05, 0.1) is 19.1 Å². The molecule has 24 heavy (non-hydrogen) atoms. The number of nitrogens with one attached hydrogen (secondary N) is 1. The molecule has 0 saturated heterocycles. The molecule has 1 amide bonds. The molecule has 3 rings (SSSR count). The van der Waals surface area contributed by atoms with Crippen LogP contribution in [-0.2, 0) is 11.2 Å². The Labute approximate surface area is 141 Å². The zero-order valence-electron chi connectivity index (χ0n) is 13.7. The second-order valence-corrected chi connectivity index (χ2v) is 6.27. The summed E-state index contributed by atoms with van der Waals surface area (Å²) in [7, 11) is 0. The summed E-state index contributed by atoms with van der Waals surface area (Å²) >= 11 is 0. The van der Waals surface area contributed by atoms with Crippen molar-refractivity contribution >= 4 is 5.91 Å². The Morgan fingerprint density at radius 2 is 2.25 bits per heavy atom. The summed E-state index contributed by atoms with van der Waals surface area (Å²) in [5, 5.41) is 2.88. The first kappa shape index (κ1) is 16.4. The van der Waals surface area contributed by atoms with Gasteiger partial charge in [-0.1, -0.05) is 12.1 Å². The van der Waals surface area contributed by atoms with E-state index in [0.717, 1.165) is 5.56 Å². The molecule has 1 aromatic heterocycles. The summed E-state index contributed by atoms with van der Waals surface area (Å²) in [5.74, 6) is 0.348. The first-order chi connectivity index (χ1) is 11.6. The molecule has 2 aromatic rings. The molecule has 1 aromatic carbocycles. The SMILES string of the molecule is C[C@@H](NC(=O)Cc1cccnc1)c1ccc(OCC2CC2)c(F)c1. The van der Waals surface area contributed by atoms with E-state index in [4.69, 9.17) is 4.74 Å². The maximum atomic E-state index is 14.1. The minimum Gasteiger partial charge on any atom is -0.490 e. The van der Waals surface area contributed by atoms with Gasteiger partial charge in [-0.3, -0.25) is 9.78 Å². The molecule has 1 aliphatic rings. The second-order valence-electron chi connectivity index (χ2n) is 6.27. The Morgan fingerprint density at radius 3 is 2.92 bits per heavy atom. The van der Waals surface area contributed by atoms with Gasteiger partial charge in [-0.15, -0.1) is 0 Å². The van der Waals surface area contributed by atoms with Gasteiger partial charge in [0.2, 0.25) is 5.91 Å². The van der Waals surface area contributed by atoms with Crippen LogP contribution in [0.3, 0.4) is 0 Å². The zero-order chi connectivity index (χ0) is 16.9. The Balaban J connectivity index is 1.56. The van der Waals surface area contributed by atoms with E-state index in [0.29, 0.717) is 18.1 Å². The van der Waals surface area contributed by atoms with Crippen molar-refractivity contribution in [3.8, 4) is 5.75 Å². The molecule has 0 radical (unpaired) electrons. The van der Waals surface area contributed by atoms with Crippen LogP contribution in [0, 0.1) is 11.7 Å². The predicted molar refractivity (Wildman–Crippen MR) is 89.1 cm³/mol. The smallest absolute Gasteiger partial charge is 0.224 e. The van der Waals surface area contributed by atoms with Gasteiger partial charge in [0.25, 0.3) is 0 Å². The summed E-state index contributed by atoms with van der Waals surface area (Å²) in [6, 6.07) is 8.22. The number of pyridine rings is 1. The number of hydrogen-bond acceptors (Lipinski definition) is 3. The van der Waals surface area contributed by atoms with E-state index in [1.807, 2.05) is 13.0 Å². The lowest BCUT2D eigenvalue weighted by Crippen LogP contribution is -2.28. The molecule has 4 nitrogen and oxygen atoms in total. The maximum absolute atomic E-state index is 14.1. The summed E-state index contributed by atoms with van der Waals surface area (Å²) in [5.41, 5.74) is 1.56. The molecule has 1 heterocycles. The van der Waals surface area contributed by atoms with E-state index >= 15 is 0 Å². The largest absolute Gasteiger partial charge is 0.490 e. The van der Waals surface area contributed by atoms with Crippen molar-refractivity contribution in [3.63, 3.8) is 0 Å². The molecule has 5 heteroatoms. The maximum Gasteiger partial charge on any atom is 0.224 e. The molecule has 0 spiro atoms. The first-order valence-corrected chi connectivity index (χ1v) is 8.22. The van der Waals surface area contributed by atoms with Crippen LogP contribution < -0.4 is 10.1 Å². The van der Waals surface area contributed by atoms with Crippen LogP contribution in [0.5, 0.6) is 5.75 Å². The van der Waals surface area contributed by atoms with Crippen LogP contribution in [-0.4, -0.2) is 17.5 Å². The fourth-order valence-corrected chi connectivity index (χ4v) is 2.46. The van der Waals surface area contributed by atoms with E-state index in [-0.39, 0.29) is 29.9 Å². The van der Waals surface area contributed by atoms with Gasteiger partial charge in [0.1, 0.15) is 0 Å². The lowest BCUT2D eigenvalue weighted by atomic mass is 10.1. The number of nitrogens with zero attached hydrogens (tertiary/aromatic N) is 1. The fraction of sp³-hybridized carbons (Fsp3) is 0.368. The molecule has 1 aliphatic carbocycles. The Kier molecular flexibility index (Phi) is 5.08. The van der Waals surface area contributed by atoms with Crippen LogP contribution >= 0.6 is 0 Å². The third-order valence-electron chi connectivity index (χ3n) is 4.09. The summed E-state index contributed by atoms with van der Waals surface area (Å²) in [6.07, 6.45) is 5.91. The zero-order valence-corrected chi connectivity index (χ0v) is 13.7. The highest BCUT2D eigenvalue weighted by Crippen LogP contribution is 2.30. The van der Waals surface area contributed by atoms with Crippen LogP contribution in [0.4, 0.5) is 4.39 Å². The average molecular weight is 328 g/mol. The molecule has 0 bridgehead atoms. The van der Waals surface area contributed by atoms with Crippen molar-refractivity contribution < 1.29 is 13.9 Å². The molecule has 1 saturated carbocycles. The molecule has 0 unspecified atom stereocenters. The number of carbonyl (C=O) groups is 1. The van der Waals surface area contributed by atoms with Gasteiger partial charge in [-0.2, -0.15) is 0 Å². The number of benzene rings is 1. The van der Waals surface area contributed by atoms with Gasteiger partial charge in [-0.05, 0) is 55.0 Å². The van der Waals surface area contributed by atoms with Crippen LogP contribution in [0.25, 0.3) is 0 Å². The van der Waals surface area contributed by atoms with Gasteiger partial charge in [-0.25, -0.2) is 4.39 Å². The Bertz CT molecular complexity index is 702. The highest BCUT2D eigenvalue weighted by atomic mass is 19.1. The number of ether oxygens (including phenoxy) is 1. The van der Waals surface area contributed by atoms with Gasteiger partial charge >= 0.3 is 0 Å². The molecule has 1 N–H and O–H groups in total. The van der Waals surface area contributed by atoms with E-state index in [1.54, 1.807) is 30.6 Å². The number of hydrogen-bond donors (Lipinski definition) is 1. The normalized spacial score (nSPS) is 14.9. The number of rotatable bonds is 7. The van der Waals surface area contributed by atoms with E-state index in [1.165, 1.54) is 18.9 Å². The molecule has 0 aliphatic heterocycles. The highest BCUT2D eigenvalue weighted by Gasteiger charge is 2.22. The number of halogens is 1. The Hall–Kier alpha value is -2.43. The molecule has 126 valence electrons. The fourth-order valence-electron chi connectivity index (χ4n) is 2.46. The van der Waals surface area contributed by atoms with Crippen LogP contribution in [0.2, 0.25) is 0 Å². The number of aromatic nitrogens is 1. The van der Waals surface area contributed by atoms with Gasteiger partial charge in [0, 0.05) is 12.4 Å². The lowest BCUT2D eigenvalue weighted by molar-refractivity contribution is -0.121. The average Bonchev–Trinajstić information content (AvgIpc) is 3.38. The minimum atomic E-state index is -0.387. The molecular weight excluding hydrogens is 307 g/mol. The molecule has 1 atom stereocenters. The van der Waals surface area contributed by atoms with Gasteiger partial charge < -0.3 is 10.1 Å². The van der Waals surface area contributed by atoms with E-state index < -0.39 is 0 Å². The van der Waals surface area contributed by atoms with Crippen molar-refractivity contribution in [2.45, 2.75) is 32.2 Å². The monoisotopic (exact) mass is 328 g/mol.